The summed E-state index contributed by atoms with van der Waals surface area (Å²) in [5.41, 5.74) is 6.38. The van der Waals surface area contributed by atoms with Gasteiger partial charge in [-0.25, -0.2) is 4.98 Å². The van der Waals surface area contributed by atoms with Crippen molar-refractivity contribution >= 4 is 29.0 Å². The Kier molecular flexibility index (Phi) is 2.58. The van der Waals surface area contributed by atoms with Crippen LogP contribution in [0.4, 0.5) is 5.82 Å². The number of rotatable bonds is 1. The zero-order valence-electron chi connectivity index (χ0n) is 6.06. The van der Waals surface area contributed by atoms with Crippen LogP contribution in [-0.4, -0.2) is 4.98 Å². The molecule has 11 heavy (non-hydrogen) atoms. The smallest absolute Gasteiger partial charge is 0.150 e. The SMILES string of the molecule is CCc1cc(N)nc(Cl)c1Cl. The molecule has 0 aromatic carbocycles. The second-order valence-corrected chi connectivity index (χ2v) is 2.90. The Morgan fingerprint density at radius 3 is 2.73 bits per heavy atom. The number of anilines is 1. The molecule has 0 aliphatic rings. The van der Waals surface area contributed by atoms with Gasteiger partial charge in [-0.15, -0.1) is 0 Å². The molecule has 2 N–H and O–H groups in total. The van der Waals surface area contributed by atoms with Crippen molar-refractivity contribution in [2.45, 2.75) is 13.3 Å². The maximum atomic E-state index is 5.82. The Hall–Kier alpha value is -0.470. The monoisotopic (exact) mass is 190 g/mol. The number of pyridine rings is 1. The lowest BCUT2D eigenvalue weighted by atomic mass is 10.2. The summed E-state index contributed by atoms with van der Waals surface area (Å²) in [7, 11) is 0. The van der Waals surface area contributed by atoms with Gasteiger partial charge in [-0.3, -0.25) is 0 Å². The number of hydrogen-bond acceptors (Lipinski definition) is 2. The van der Waals surface area contributed by atoms with E-state index >= 15 is 0 Å². The van der Waals surface area contributed by atoms with Gasteiger partial charge in [0.1, 0.15) is 11.0 Å². The minimum atomic E-state index is 0.281. The van der Waals surface area contributed by atoms with E-state index in [9.17, 15) is 0 Å². The number of nitrogens with zero attached hydrogens (tertiary/aromatic N) is 1. The maximum absolute atomic E-state index is 5.82. The van der Waals surface area contributed by atoms with Crippen LogP contribution in [-0.2, 0) is 6.42 Å². The second-order valence-electron chi connectivity index (χ2n) is 2.16. The lowest BCUT2D eigenvalue weighted by Crippen LogP contribution is -1.94. The molecule has 60 valence electrons. The first-order valence-corrected chi connectivity index (χ1v) is 4.01. The summed E-state index contributed by atoms with van der Waals surface area (Å²) in [6.07, 6.45) is 0.811. The summed E-state index contributed by atoms with van der Waals surface area (Å²) in [5.74, 6) is 0.413. The number of nitrogens with two attached hydrogens (primary N) is 1. The van der Waals surface area contributed by atoms with Crippen molar-refractivity contribution < 1.29 is 0 Å². The molecule has 0 atom stereocenters. The first kappa shape index (κ1) is 8.62. The van der Waals surface area contributed by atoms with Crippen LogP contribution in [0.15, 0.2) is 6.07 Å². The molecule has 0 bridgehead atoms. The van der Waals surface area contributed by atoms with Gasteiger partial charge in [0.25, 0.3) is 0 Å². The first-order chi connectivity index (χ1) is 5.15. The van der Waals surface area contributed by atoms with Crippen molar-refractivity contribution in [2.24, 2.45) is 0 Å². The molecule has 0 aliphatic carbocycles. The van der Waals surface area contributed by atoms with E-state index in [1.807, 2.05) is 6.92 Å². The Bertz CT molecular complexity index is 273. The Morgan fingerprint density at radius 2 is 2.18 bits per heavy atom. The third-order valence-electron chi connectivity index (χ3n) is 1.39. The topological polar surface area (TPSA) is 38.9 Å². The van der Waals surface area contributed by atoms with Crippen LogP contribution < -0.4 is 5.73 Å². The first-order valence-electron chi connectivity index (χ1n) is 3.25. The fourth-order valence-corrected chi connectivity index (χ4v) is 1.28. The standard InChI is InChI=1S/C7H8Cl2N2/c1-2-4-3-5(10)11-7(9)6(4)8/h3H,2H2,1H3,(H2,10,11). The molecule has 1 heterocycles. The number of aromatic nitrogens is 1. The summed E-state index contributed by atoms with van der Waals surface area (Å²) in [6.45, 7) is 1.98. The van der Waals surface area contributed by atoms with E-state index < -0.39 is 0 Å². The molecule has 0 saturated carbocycles. The predicted octanol–water partition coefficient (Wildman–Crippen LogP) is 2.53. The van der Waals surface area contributed by atoms with Crippen LogP contribution >= 0.6 is 23.2 Å². The molecule has 2 nitrogen and oxygen atoms in total. The van der Waals surface area contributed by atoms with E-state index in [0.29, 0.717) is 10.8 Å². The molecule has 0 spiro atoms. The third-order valence-corrected chi connectivity index (χ3v) is 2.19. The van der Waals surface area contributed by atoms with Gasteiger partial charge in [-0.2, -0.15) is 0 Å². The maximum Gasteiger partial charge on any atom is 0.150 e. The van der Waals surface area contributed by atoms with Crippen LogP contribution in [0, 0.1) is 0 Å². The Labute approximate surface area is 75.3 Å². The number of halogens is 2. The predicted molar refractivity (Wildman–Crippen MR) is 48.0 cm³/mol. The largest absolute Gasteiger partial charge is 0.384 e. The van der Waals surface area contributed by atoms with Crippen LogP contribution in [0.1, 0.15) is 12.5 Å². The minimum Gasteiger partial charge on any atom is -0.384 e. The quantitative estimate of drug-likeness (QED) is 0.692. The van der Waals surface area contributed by atoms with Gasteiger partial charge < -0.3 is 5.73 Å². The van der Waals surface area contributed by atoms with Crippen LogP contribution in [0.25, 0.3) is 0 Å². The average molecular weight is 191 g/mol. The molecule has 0 radical (unpaired) electrons. The van der Waals surface area contributed by atoms with Gasteiger partial charge in [0, 0.05) is 0 Å². The van der Waals surface area contributed by atoms with E-state index in [-0.39, 0.29) is 5.15 Å². The number of hydrogen-bond donors (Lipinski definition) is 1. The van der Waals surface area contributed by atoms with Crippen LogP contribution in [0.5, 0.6) is 0 Å². The fourth-order valence-electron chi connectivity index (χ4n) is 0.826. The van der Waals surface area contributed by atoms with Crippen molar-refractivity contribution in [2.75, 3.05) is 5.73 Å². The third kappa shape index (κ3) is 1.76. The van der Waals surface area contributed by atoms with E-state index in [1.54, 1.807) is 6.07 Å². The second kappa shape index (κ2) is 3.28. The van der Waals surface area contributed by atoms with Crippen molar-refractivity contribution in [1.29, 1.82) is 0 Å². The van der Waals surface area contributed by atoms with Gasteiger partial charge in [0.2, 0.25) is 0 Å². The molecule has 0 amide bonds. The zero-order valence-corrected chi connectivity index (χ0v) is 7.58. The molecule has 1 aromatic heterocycles. The molecule has 4 heteroatoms. The van der Waals surface area contributed by atoms with E-state index in [4.69, 9.17) is 28.9 Å². The van der Waals surface area contributed by atoms with Crippen molar-refractivity contribution in [1.82, 2.24) is 4.98 Å². The summed E-state index contributed by atoms with van der Waals surface area (Å²) < 4.78 is 0. The molecule has 1 aromatic rings. The van der Waals surface area contributed by atoms with E-state index in [0.717, 1.165) is 12.0 Å². The van der Waals surface area contributed by atoms with Crippen molar-refractivity contribution in [3.63, 3.8) is 0 Å². The van der Waals surface area contributed by atoms with Gasteiger partial charge >= 0.3 is 0 Å². The lowest BCUT2D eigenvalue weighted by Gasteiger charge is -2.02. The number of nitrogen functional groups attached to an aromatic ring is 1. The van der Waals surface area contributed by atoms with Gasteiger partial charge in [-0.1, -0.05) is 30.1 Å². The van der Waals surface area contributed by atoms with E-state index in [2.05, 4.69) is 4.98 Å². The highest BCUT2D eigenvalue weighted by Gasteiger charge is 2.05. The van der Waals surface area contributed by atoms with Gasteiger partial charge in [0.15, 0.2) is 0 Å². The summed E-state index contributed by atoms with van der Waals surface area (Å²) in [5, 5.41) is 0.784. The highest BCUT2D eigenvalue weighted by molar-refractivity contribution is 6.41. The Morgan fingerprint density at radius 1 is 1.55 bits per heavy atom. The van der Waals surface area contributed by atoms with Crippen LogP contribution in [0.2, 0.25) is 10.2 Å². The average Bonchev–Trinajstić information content (AvgIpc) is 1.96. The Balaban J connectivity index is 3.24. The highest BCUT2D eigenvalue weighted by Crippen LogP contribution is 2.25. The van der Waals surface area contributed by atoms with E-state index in [1.165, 1.54) is 0 Å². The molecule has 0 unspecified atom stereocenters. The van der Waals surface area contributed by atoms with Gasteiger partial charge in [0.05, 0.1) is 5.02 Å². The fraction of sp³-hybridized carbons (Fsp3) is 0.286. The molecule has 0 aliphatic heterocycles. The molecule has 1 rings (SSSR count). The minimum absolute atomic E-state index is 0.281. The molecule has 0 fully saturated rings. The zero-order chi connectivity index (χ0) is 8.43. The van der Waals surface area contributed by atoms with Crippen molar-refractivity contribution in [3.05, 3.63) is 21.8 Å². The van der Waals surface area contributed by atoms with Crippen LogP contribution in [0.3, 0.4) is 0 Å². The normalized spacial score (nSPS) is 10.1. The molecular formula is C7H8Cl2N2. The summed E-state index contributed by atoms with van der Waals surface area (Å²) >= 11 is 11.5. The molecular weight excluding hydrogens is 183 g/mol. The molecule has 0 saturated heterocycles. The van der Waals surface area contributed by atoms with Gasteiger partial charge in [-0.05, 0) is 18.1 Å². The summed E-state index contributed by atoms with van der Waals surface area (Å²) in [4.78, 5) is 3.79. The summed E-state index contributed by atoms with van der Waals surface area (Å²) in [6, 6.07) is 1.73. The van der Waals surface area contributed by atoms with Crippen molar-refractivity contribution in [3.8, 4) is 0 Å². The number of aryl methyl sites for hydroxylation is 1. The lowest BCUT2D eigenvalue weighted by molar-refractivity contribution is 1.12. The highest BCUT2D eigenvalue weighted by atomic mass is 35.5.